The van der Waals surface area contributed by atoms with Crippen molar-refractivity contribution in [2.24, 2.45) is 0 Å². The molecule has 0 aromatic heterocycles. The summed E-state index contributed by atoms with van der Waals surface area (Å²) >= 11 is 0. The number of carbonyl (C=O) groups excluding carboxylic acids is 1. The molecular formula is C20H28N2O2. The zero-order valence-electron chi connectivity index (χ0n) is 15.0. The minimum atomic E-state index is -0.415. The van der Waals surface area contributed by atoms with Gasteiger partial charge in [0.2, 0.25) is 0 Å². The van der Waals surface area contributed by atoms with Gasteiger partial charge < -0.3 is 14.5 Å². The fourth-order valence-electron chi connectivity index (χ4n) is 4.76. The predicted octanol–water partition coefficient (Wildman–Crippen LogP) is 3.98. The van der Waals surface area contributed by atoms with Crippen molar-refractivity contribution in [1.82, 2.24) is 4.90 Å². The summed E-state index contributed by atoms with van der Waals surface area (Å²) in [5.41, 5.74) is 2.47. The van der Waals surface area contributed by atoms with Crippen LogP contribution in [0.15, 0.2) is 24.3 Å². The van der Waals surface area contributed by atoms with E-state index >= 15 is 0 Å². The van der Waals surface area contributed by atoms with Gasteiger partial charge in [0.05, 0.1) is 0 Å². The molecule has 3 aliphatic rings. The second-order valence-corrected chi connectivity index (χ2v) is 8.47. The summed E-state index contributed by atoms with van der Waals surface area (Å²) in [4.78, 5) is 17.2. The molecule has 1 aromatic carbocycles. The molecule has 0 spiro atoms. The molecule has 4 rings (SSSR count). The number of fused-ring (bicyclic) bond motifs is 3. The number of nitrogens with zero attached hydrogens (tertiary/aromatic N) is 2. The minimum Gasteiger partial charge on any atom is -0.444 e. The summed E-state index contributed by atoms with van der Waals surface area (Å²) in [5, 5.41) is 0. The summed E-state index contributed by atoms with van der Waals surface area (Å²) in [6, 6.07) is 10.0. The van der Waals surface area contributed by atoms with E-state index in [1.165, 1.54) is 11.3 Å². The summed E-state index contributed by atoms with van der Waals surface area (Å²) in [7, 11) is 0. The van der Waals surface area contributed by atoms with E-state index in [1.54, 1.807) is 0 Å². The average molecular weight is 328 g/mol. The van der Waals surface area contributed by atoms with Gasteiger partial charge in [0, 0.05) is 30.4 Å². The largest absolute Gasteiger partial charge is 0.444 e. The molecule has 0 N–H and O–H groups in total. The van der Waals surface area contributed by atoms with Gasteiger partial charge in [-0.15, -0.1) is 0 Å². The van der Waals surface area contributed by atoms with Crippen molar-refractivity contribution >= 4 is 11.8 Å². The number of para-hydroxylation sites is 1. The van der Waals surface area contributed by atoms with Crippen molar-refractivity contribution in [1.29, 1.82) is 0 Å². The van der Waals surface area contributed by atoms with Crippen molar-refractivity contribution in [2.45, 2.75) is 76.6 Å². The van der Waals surface area contributed by atoms with Crippen LogP contribution >= 0.6 is 0 Å². The fraction of sp³-hybridized carbons (Fsp3) is 0.650. The first-order valence-electron chi connectivity index (χ1n) is 9.28. The monoisotopic (exact) mass is 328 g/mol. The second-order valence-electron chi connectivity index (χ2n) is 8.47. The van der Waals surface area contributed by atoms with Crippen LogP contribution in [0.4, 0.5) is 10.5 Å². The molecule has 0 aliphatic carbocycles. The highest BCUT2D eigenvalue weighted by atomic mass is 16.6. The van der Waals surface area contributed by atoms with Crippen LogP contribution in [0.3, 0.4) is 0 Å². The van der Waals surface area contributed by atoms with Gasteiger partial charge in [-0.25, -0.2) is 4.79 Å². The van der Waals surface area contributed by atoms with Crippen molar-refractivity contribution in [3.8, 4) is 0 Å². The molecule has 3 aliphatic heterocycles. The zero-order chi connectivity index (χ0) is 16.9. The SMILES string of the molecule is CC(C)(C)OC(=O)N1[C@@H]2CC[C@H]1CC(N1CCc3ccccc31)C2. The van der Waals surface area contributed by atoms with E-state index in [0.29, 0.717) is 18.1 Å². The van der Waals surface area contributed by atoms with E-state index in [0.717, 1.165) is 38.6 Å². The Morgan fingerprint density at radius 3 is 2.42 bits per heavy atom. The number of rotatable bonds is 1. The summed E-state index contributed by atoms with van der Waals surface area (Å²) in [5.74, 6) is 0. The van der Waals surface area contributed by atoms with E-state index < -0.39 is 5.60 Å². The highest BCUT2D eigenvalue weighted by Gasteiger charge is 2.46. The number of hydrogen-bond donors (Lipinski definition) is 0. The molecule has 3 atom stereocenters. The quantitative estimate of drug-likeness (QED) is 0.782. The number of amides is 1. The van der Waals surface area contributed by atoms with Crippen LogP contribution in [0.2, 0.25) is 0 Å². The molecule has 1 amide bonds. The number of carbonyl (C=O) groups is 1. The highest BCUT2D eigenvalue weighted by Crippen LogP contribution is 2.41. The predicted molar refractivity (Wildman–Crippen MR) is 95.4 cm³/mol. The third kappa shape index (κ3) is 2.76. The van der Waals surface area contributed by atoms with Crippen LogP contribution < -0.4 is 4.90 Å². The fourth-order valence-corrected chi connectivity index (χ4v) is 4.76. The molecule has 1 unspecified atom stereocenters. The second kappa shape index (κ2) is 5.68. The van der Waals surface area contributed by atoms with Crippen LogP contribution in [0.5, 0.6) is 0 Å². The summed E-state index contributed by atoms with van der Waals surface area (Å²) in [6.45, 7) is 6.96. The highest BCUT2D eigenvalue weighted by molar-refractivity contribution is 5.70. The van der Waals surface area contributed by atoms with Gasteiger partial charge in [-0.3, -0.25) is 0 Å². The maximum absolute atomic E-state index is 12.6. The first-order chi connectivity index (χ1) is 11.4. The molecule has 2 fully saturated rings. The molecule has 0 radical (unpaired) electrons. The van der Waals surface area contributed by atoms with Crippen LogP contribution in [-0.2, 0) is 11.2 Å². The number of hydrogen-bond acceptors (Lipinski definition) is 3. The van der Waals surface area contributed by atoms with Gasteiger partial charge in [0.25, 0.3) is 0 Å². The smallest absolute Gasteiger partial charge is 0.410 e. The molecule has 2 bridgehead atoms. The first-order valence-corrected chi connectivity index (χ1v) is 9.28. The third-order valence-corrected chi connectivity index (χ3v) is 5.68. The molecule has 24 heavy (non-hydrogen) atoms. The lowest BCUT2D eigenvalue weighted by Crippen LogP contribution is -2.53. The molecule has 2 saturated heterocycles. The lowest BCUT2D eigenvalue weighted by molar-refractivity contribution is 0.00590. The van der Waals surface area contributed by atoms with E-state index in [4.69, 9.17) is 4.74 Å². The number of anilines is 1. The number of piperidine rings is 1. The van der Waals surface area contributed by atoms with Crippen LogP contribution in [0, 0.1) is 0 Å². The van der Waals surface area contributed by atoms with Gasteiger partial charge in [0.15, 0.2) is 0 Å². The molecule has 3 heterocycles. The third-order valence-electron chi connectivity index (χ3n) is 5.68. The van der Waals surface area contributed by atoms with Crippen molar-refractivity contribution in [2.75, 3.05) is 11.4 Å². The summed E-state index contributed by atoms with van der Waals surface area (Å²) in [6.07, 6.45) is 5.42. The molecule has 1 aromatic rings. The Hall–Kier alpha value is -1.71. The van der Waals surface area contributed by atoms with Crippen LogP contribution in [-0.4, -0.2) is 41.3 Å². The van der Waals surface area contributed by atoms with E-state index in [1.807, 2.05) is 25.7 Å². The Labute approximate surface area is 144 Å². The Morgan fingerprint density at radius 2 is 1.75 bits per heavy atom. The molecule has 4 heteroatoms. The normalized spacial score (nSPS) is 28.9. The van der Waals surface area contributed by atoms with Crippen LogP contribution in [0.25, 0.3) is 0 Å². The van der Waals surface area contributed by atoms with Gasteiger partial charge in [-0.05, 0) is 64.5 Å². The van der Waals surface area contributed by atoms with Gasteiger partial charge >= 0.3 is 6.09 Å². The number of benzene rings is 1. The Morgan fingerprint density at radius 1 is 1.08 bits per heavy atom. The maximum atomic E-state index is 12.6. The standard InChI is InChI=1S/C20H28N2O2/c1-20(2,3)24-19(23)22-15-8-9-16(22)13-17(12-15)21-11-10-14-6-4-5-7-18(14)21/h4-7,15-17H,8-13H2,1-3H3/t15-,16+,17?. The zero-order valence-corrected chi connectivity index (χ0v) is 15.0. The van der Waals surface area contributed by atoms with E-state index in [2.05, 4.69) is 29.2 Å². The average Bonchev–Trinajstić information content (AvgIpc) is 3.05. The van der Waals surface area contributed by atoms with Crippen molar-refractivity contribution in [3.63, 3.8) is 0 Å². The van der Waals surface area contributed by atoms with E-state index in [-0.39, 0.29) is 6.09 Å². The molecule has 0 saturated carbocycles. The molecule has 130 valence electrons. The molecular weight excluding hydrogens is 300 g/mol. The van der Waals surface area contributed by atoms with Gasteiger partial charge in [-0.2, -0.15) is 0 Å². The summed E-state index contributed by atoms with van der Waals surface area (Å²) < 4.78 is 5.65. The van der Waals surface area contributed by atoms with Crippen molar-refractivity contribution < 1.29 is 9.53 Å². The van der Waals surface area contributed by atoms with Gasteiger partial charge in [0.1, 0.15) is 5.60 Å². The lowest BCUT2D eigenvalue weighted by atomic mass is 9.96. The topological polar surface area (TPSA) is 32.8 Å². The minimum absolute atomic E-state index is 0.115. The Balaban J connectivity index is 1.48. The maximum Gasteiger partial charge on any atom is 0.410 e. The molecule has 4 nitrogen and oxygen atoms in total. The van der Waals surface area contributed by atoms with Crippen LogP contribution in [0.1, 0.15) is 52.0 Å². The van der Waals surface area contributed by atoms with Gasteiger partial charge in [-0.1, -0.05) is 18.2 Å². The Bertz CT molecular complexity index is 623. The lowest BCUT2D eigenvalue weighted by Gasteiger charge is -2.43. The Kier molecular flexibility index (Phi) is 3.74. The number of ether oxygens (including phenoxy) is 1. The van der Waals surface area contributed by atoms with E-state index in [9.17, 15) is 4.79 Å². The first kappa shape index (κ1) is 15.8. The van der Waals surface area contributed by atoms with Crippen molar-refractivity contribution in [3.05, 3.63) is 29.8 Å².